The molecule has 2 aromatic carbocycles. The maximum Gasteiger partial charge on any atom is 0.418 e. The van der Waals surface area contributed by atoms with E-state index in [0.29, 0.717) is 18.5 Å². The topological polar surface area (TPSA) is 84.2 Å². The SMILES string of the molecule is O=C1NCCCC[C@H]1Nc1nc2c(C(F)(F)F)cccc2c2nc(-c3ccc(F)cc3)nn12. The first-order chi connectivity index (χ1) is 15.8. The van der Waals surface area contributed by atoms with E-state index in [2.05, 4.69) is 25.7 Å². The summed E-state index contributed by atoms with van der Waals surface area (Å²) in [6.07, 6.45) is -2.57. The Labute approximate surface area is 184 Å². The Kier molecular flexibility index (Phi) is 5.10. The highest BCUT2D eigenvalue weighted by atomic mass is 19.4. The van der Waals surface area contributed by atoms with E-state index in [1.165, 1.54) is 40.9 Å². The van der Waals surface area contributed by atoms with E-state index in [1.54, 1.807) is 0 Å². The molecule has 0 radical (unpaired) electrons. The van der Waals surface area contributed by atoms with Gasteiger partial charge in [0.05, 0.1) is 11.1 Å². The number of fused-ring (bicyclic) bond motifs is 3. The van der Waals surface area contributed by atoms with Crippen LogP contribution >= 0.6 is 0 Å². The van der Waals surface area contributed by atoms with Gasteiger partial charge in [-0.05, 0) is 55.7 Å². The van der Waals surface area contributed by atoms with Crippen LogP contribution in [-0.2, 0) is 11.0 Å². The number of halogens is 4. The van der Waals surface area contributed by atoms with Crippen molar-refractivity contribution in [2.45, 2.75) is 31.5 Å². The summed E-state index contributed by atoms with van der Waals surface area (Å²) in [7, 11) is 0. The third kappa shape index (κ3) is 3.94. The summed E-state index contributed by atoms with van der Waals surface area (Å²) in [5.41, 5.74) is -0.588. The lowest BCUT2D eigenvalue weighted by Crippen LogP contribution is -2.38. The molecule has 0 bridgehead atoms. The number of nitrogens with one attached hydrogen (secondary N) is 2. The molecule has 0 aliphatic carbocycles. The maximum atomic E-state index is 13.7. The lowest BCUT2D eigenvalue weighted by atomic mass is 10.1. The fraction of sp³-hybridized carbons (Fsp3) is 0.273. The number of carbonyl (C=O) groups is 1. The lowest BCUT2D eigenvalue weighted by molar-refractivity contribution is -0.136. The van der Waals surface area contributed by atoms with Gasteiger partial charge in [-0.1, -0.05) is 6.07 Å². The third-order valence-corrected chi connectivity index (χ3v) is 5.55. The Hall–Kier alpha value is -3.76. The highest BCUT2D eigenvalue weighted by Gasteiger charge is 2.34. The molecule has 1 aliphatic heterocycles. The van der Waals surface area contributed by atoms with Crippen molar-refractivity contribution >= 4 is 28.4 Å². The molecular formula is C22H18F4N6O. The number of carbonyl (C=O) groups excluding carboxylic acids is 1. The van der Waals surface area contributed by atoms with Gasteiger partial charge < -0.3 is 10.6 Å². The first-order valence-corrected chi connectivity index (χ1v) is 10.4. The molecule has 170 valence electrons. The van der Waals surface area contributed by atoms with E-state index in [1.807, 2.05) is 0 Å². The number of nitrogens with zero attached hydrogens (tertiary/aromatic N) is 4. The number of anilines is 1. The van der Waals surface area contributed by atoms with Crippen LogP contribution in [0.4, 0.5) is 23.5 Å². The number of hydrogen-bond donors (Lipinski definition) is 2. The minimum Gasteiger partial charge on any atom is -0.354 e. The van der Waals surface area contributed by atoms with Crippen LogP contribution < -0.4 is 10.6 Å². The van der Waals surface area contributed by atoms with E-state index < -0.39 is 23.6 Å². The largest absolute Gasteiger partial charge is 0.418 e. The number of aromatic nitrogens is 4. The molecule has 2 aromatic heterocycles. The summed E-state index contributed by atoms with van der Waals surface area (Å²) >= 11 is 0. The van der Waals surface area contributed by atoms with Crippen LogP contribution in [0.2, 0.25) is 0 Å². The molecule has 11 heteroatoms. The zero-order chi connectivity index (χ0) is 23.2. The van der Waals surface area contributed by atoms with Gasteiger partial charge in [-0.2, -0.15) is 17.7 Å². The second-order valence-electron chi connectivity index (χ2n) is 7.80. The third-order valence-electron chi connectivity index (χ3n) is 5.55. The van der Waals surface area contributed by atoms with Crippen molar-refractivity contribution in [2.24, 2.45) is 0 Å². The minimum absolute atomic E-state index is 0.0305. The zero-order valence-corrected chi connectivity index (χ0v) is 17.2. The molecule has 1 amide bonds. The number of rotatable bonds is 3. The van der Waals surface area contributed by atoms with Crippen LogP contribution in [0.25, 0.3) is 27.9 Å². The molecular weight excluding hydrogens is 440 g/mol. The monoisotopic (exact) mass is 458 g/mol. The predicted octanol–water partition coefficient (Wildman–Crippen LogP) is 4.18. The van der Waals surface area contributed by atoms with Crippen LogP contribution in [0.5, 0.6) is 0 Å². The summed E-state index contributed by atoms with van der Waals surface area (Å²) in [5, 5.41) is 10.3. The van der Waals surface area contributed by atoms with Gasteiger partial charge >= 0.3 is 6.18 Å². The average molecular weight is 458 g/mol. The van der Waals surface area contributed by atoms with Crippen molar-refractivity contribution in [3.8, 4) is 11.4 Å². The van der Waals surface area contributed by atoms with Crippen molar-refractivity contribution in [2.75, 3.05) is 11.9 Å². The Morgan fingerprint density at radius 3 is 2.61 bits per heavy atom. The van der Waals surface area contributed by atoms with Crippen molar-refractivity contribution < 1.29 is 22.4 Å². The van der Waals surface area contributed by atoms with Crippen LogP contribution in [0.3, 0.4) is 0 Å². The molecule has 5 rings (SSSR count). The number of amides is 1. The molecule has 7 nitrogen and oxygen atoms in total. The van der Waals surface area contributed by atoms with Crippen molar-refractivity contribution in [3.63, 3.8) is 0 Å². The zero-order valence-electron chi connectivity index (χ0n) is 17.2. The van der Waals surface area contributed by atoms with E-state index in [9.17, 15) is 22.4 Å². The number of para-hydroxylation sites is 1. The molecule has 0 unspecified atom stereocenters. The fourth-order valence-corrected chi connectivity index (χ4v) is 3.91. The Bertz CT molecular complexity index is 1350. The molecule has 4 aromatic rings. The van der Waals surface area contributed by atoms with Crippen LogP contribution in [-0.4, -0.2) is 38.1 Å². The highest BCUT2D eigenvalue weighted by Crippen LogP contribution is 2.36. The predicted molar refractivity (Wildman–Crippen MR) is 113 cm³/mol. The van der Waals surface area contributed by atoms with E-state index in [0.717, 1.165) is 18.9 Å². The van der Waals surface area contributed by atoms with Gasteiger partial charge in [0.2, 0.25) is 11.9 Å². The van der Waals surface area contributed by atoms with Crippen LogP contribution in [0.1, 0.15) is 24.8 Å². The maximum absolute atomic E-state index is 13.7. The summed E-state index contributed by atoms with van der Waals surface area (Å²) < 4.78 is 55.8. The van der Waals surface area contributed by atoms with Gasteiger partial charge in [-0.15, -0.1) is 5.10 Å². The molecule has 1 atom stereocenters. The first-order valence-electron chi connectivity index (χ1n) is 10.4. The van der Waals surface area contributed by atoms with Gasteiger partial charge in [0.1, 0.15) is 11.9 Å². The molecule has 1 aliphatic rings. The number of benzene rings is 2. The standard InChI is InChI=1S/C22H18F4N6O/c23-13-9-7-12(8-10-13)18-30-19-14-4-3-5-15(22(24,25)26)17(14)29-21(32(19)31-18)28-16-6-1-2-11-27-20(16)33/h3-5,7-10,16H,1-2,6,11H2,(H,27,33)(H,28,29)/t16-/m1/s1. The molecule has 1 fully saturated rings. The Balaban J connectivity index is 1.73. The molecule has 0 spiro atoms. The number of alkyl halides is 3. The van der Waals surface area contributed by atoms with Crippen molar-refractivity contribution in [3.05, 3.63) is 53.8 Å². The van der Waals surface area contributed by atoms with Crippen LogP contribution in [0, 0.1) is 5.82 Å². The quantitative estimate of drug-likeness (QED) is 0.450. The van der Waals surface area contributed by atoms with Gasteiger partial charge in [0, 0.05) is 17.5 Å². The van der Waals surface area contributed by atoms with Crippen molar-refractivity contribution in [1.82, 2.24) is 24.9 Å². The Morgan fingerprint density at radius 2 is 1.85 bits per heavy atom. The molecule has 1 saturated heterocycles. The summed E-state index contributed by atoms with van der Waals surface area (Å²) in [4.78, 5) is 21.1. The molecule has 0 saturated carbocycles. The lowest BCUT2D eigenvalue weighted by Gasteiger charge is -2.17. The van der Waals surface area contributed by atoms with Crippen molar-refractivity contribution in [1.29, 1.82) is 0 Å². The Morgan fingerprint density at radius 1 is 1.06 bits per heavy atom. The summed E-state index contributed by atoms with van der Waals surface area (Å²) in [5.74, 6) is -0.538. The second-order valence-corrected chi connectivity index (χ2v) is 7.80. The molecule has 33 heavy (non-hydrogen) atoms. The smallest absolute Gasteiger partial charge is 0.354 e. The highest BCUT2D eigenvalue weighted by molar-refractivity contribution is 5.95. The fourth-order valence-electron chi connectivity index (χ4n) is 3.91. The van der Waals surface area contributed by atoms with Gasteiger partial charge in [0.25, 0.3) is 0 Å². The first kappa shape index (κ1) is 21.1. The second kappa shape index (κ2) is 7.98. The van der Waals surface area contributed by atoms with Gasteiger partial charge in [0.15, 0.2) is 11.5 Å². The van der Waals surface area contributed by atoms with E-state index in [4.69, 9.17) is 0 Å². The normalized spacial score (nSPS) is 17.2. The molecule has 2 N–H and O–H groups in total. The van der Waals surface area contributed by atoms with E-state index >= 15 is 0 Å². The number of hydrogen-bond acceptors (Lipinski definition) is 5. The van der Waals surface area contributed by atoms with Crippen LogP contribution in [0.15, 0.2) is 42.5 Å². The average Bonchev–Trinajstić information content (AvgIpc) is 3.13. The van der Waals surface area contributed by atoms with Gasteiger partial charge in [-0.25, -0.2) is 14.4 Å². The molecule has 3 heterocycles. The minimum atomic E-state index is -4.64. The summed E-state index contributed by atoms with van der Waals surface area (Å²) in [6.45, 7) is 0.536. The van der Waals surface area contributed by atoms with E-state index in [-0.39, 0.29) is 34.2 Å². The van der Waals surface area contributed by atoms with Gasteiger partial charge in [-0.3, -0.25) is 4.79 Å². The summed E-state index contributed by atoms with van der Waals surface area (Å²) in [6, 6.07) is 8.48.